The molecule has 2 saturated heterocycles. The number of urea groups is 1. The molecule has 0 atom stereocenters. The highest BCUT2D eigenvalue weighted by Gasteiger charge is 2.24. The van der Waals surface area contributed by atoms with Crippen molar-refractivity contribution in [2.24, 2.45) is 0 Å². The van der Waals surface area contributed by atoms with Crippen LogP contribution in [-0.2, 0) is 4.74 Å². The maximum atomic E-state index is 13.3. The third-order valence-corrected chi connectivity index (χ3v) is 5.18. The van der Waals surface area contributed by atoms with Crippen LogP contribution in [-0.4, -0.2) is 73.4 Å². The second-order valence-corrected chi connectivity index (χ2v) is 7.30. The molecule has 2 aliphatic heterocycles. The van der Waals surface area contributed by atoms with Gasteiger partial charge in [-0.15, -0.1) is 0 Å². The van der Waals surface area contributed by atoms with Gasteiger partial charge < -0.3 is 24.8 Å². The van der Waals surface area contributed by atoms with Crippen LogP contribution in [0.1, 0.15) is 5.69 Å². The Kier molecular flexibility index (Phi) is 5.93. The van der Waals surface area contributed by atoms with Gasteiger partial charge in [-0.1, -0.05) is 0 Å². The lowest BCUT2D eigenvalue weighted by Gasteiger charge is -2.36. The smallest absolute Gasteiger partial charge is 0.321 e. The zero-order valence-corrected chi connectivity index (χ0v) is 16.8. The highest BCUT2D eigenvalue weighted by molar-refractivity contribution is 5.89. The van der Waals surface area contributed by atoms with Gasteiger partial charge in [0.05, 0.1) is 13.2 Å². The number of aromatic nitrogens is 2. The molecule has 0 spiro atoms. The molecular weight excluding hydrogens is 394 g/mol. The Morgan fingerprint density at radius 3 is 2.40 bits per heavy atom. The molecule has 2 aromatic rings. The number of carbonyl (C=O) groups excluding carboxylic acids is 1. The minimum Gasteiger partial charge on any atom is -0.378 e. The van der Waals surface area contributed by atoms with E-state index in [9.17, 15) is 13.6 Å². The van der Waals surface area contributed by atoms with Crippen LogP contribution >= 0.6 is 0 Å². The number of benzene rings is 1. The van der Waals surface area contributed by atoms with Crippen LogP contribution in [0, 0.1) is 18.6 Å². The summed E-state index contributed by atoms with van der Waals surface area (Å²) in [5.41, 5.74) is 1.11. The first-order valence-corrected chi connectivity index (χ1v) is 9.94. The number of nitrogens with one attached hydrogen (secondary N) is 1. The number of carbonyl (C=O) groups is 1. The maximum absolute atomic E-state index is 13.3. The molecule has 2 amide bonds. The van der Waals surface area contributed by atoms with Crippen molar-refractivity contribution in [3.05, 3.63) is 41.6 Å². The Hall–Kier alpha value is -3.01. The lowest BCUT2D eigenvalue weighted by Crippen LogP contribution is -2.50. The van der Waals surface area contributed by atoms with Crippen LogP contribution in [0.3, 0.4) is 0 Å². The summed E-state index contributed by atoms with van der Waals surface area (Å²) in [6, 6.07) is 4.91. The molecule has 10 heteroatoms. The molecule has 2 fully saturated rings. The van der Waals surface area contributed by atoms with Gasteiger partial charge in [-0.3, -0.25) is 0 Å². The molecule has 0 unspecified atom stereocenters. The second kappa shape index (κ2) is 8.78. The number of piperazine rings is 1. The number of hydrogen-bond acceptors (Lipinski definition) is 6. The van der Waals surface area contributed by atoms with E-state index in [0.717, 1.165) is 36.7 Å². The lowest BCUT2D eigenvalue weighted by molar-refractivity contribution is 0.122. The molecule has 0 aliphatic carbocycles. The van der Waals surface area contributed by atoms with E-state index in [1.807, 2.05) is 13.0 Å². The molecule has 0 radical (unpaired) electrons. The summed E-state index contributed by atoms with van der Waals surface area (Å²) >= 11 is 0. The number of ether oxygens (including phenoxy) is 1. The third kappa shape index (κ3) is 4.59. The number of anilines is 3. The monoisotopic (exact) mass is 418 g/mol. The molecule has 1 aromatic carbocycles. The van der Waals surface area contributed by atoms with E-state index in [2.05, 4.69) is 20.1 Å². The van der Waals surface area contributed by atoms with Crippen LogP contribution in [0.15, 0.2) is 24.3 Å². The molecular formula is C20H24F2N6O2. The number of morpholine rings is 1. The van der Waals surface area contributed by atoms with Crippen LogP contribution in [0.2, 0.25) is 0 Å². The topological polar surface area (TPSA) is 73.8 Å². The Bertz CT molecular complexity index is 914. The van der Waals surface area contributed by atoms with E-state index < -0.39 is 11.6 Å². The van der Waals surface area contributed by atoms with E-state index >= 15 is 0 Å². The van der Waals surface area contributed by atoms with Gasteiger partial charge in [0.25, 0.3) is 0 Å². The first-order chi connectivity index (χ1) is 14.5. The van der Waals surface area contributed by atoms with Crippen LogP contribution in [0.5, 0.6) is 0 Å². The summed E-state index contributed by atoms with van der Waals surface area (Å²) < 4.78 is 31.8. The Morgan fingerprint density at radius 1 is 0.967 bits per heavy atom. The van der Waals surface area contributed by atoms with E-state index in [-0.39, 0.29) is 11.7 Å². The van der Waals surface area contributed by atoms with Crippen molar-refractivity contribution >= 4 is 23.5 Å². The summed E-state index contributed by atoms with van der Waals surface area (Å²) in [6.45, 7) is 7.02. The molecule has 3 heterocycles. The highest BCUT2D eigenvalue weighted by Crippen LogP contribution is 2.20. The van der Waals surface area contributed by atoms with Crippen molar-refractivity contribution in [1.29, 1.82) is 0 Å². The van der Waals surface area contributed by atoms with E-state index in [0.29, 0.717) is 45.3 Å². The maximum Gasteiger partial charge on any atom is 0.321 e. The largest absolute Gasteiger partial charge is 0.378 e. The van der Waals surface area contributed by atoms with Crippen LogP contribution in [0.25, 0.3) is 0 Å². The molecule has 4 rings (SSSR count). The van der Waals surface area contributed by atoms with Gasteiger partial charge in [-0.05, 0) is 19.1 Å². The van der Waals surface area contributed by atoms with Gasteiger partial charge in [0.15, 0.2) is 11.6 Å². The molecule has 1 aromatic heterocycles. The standard InChI is InChI=1S/C20H24F2N6O2/c1-14-12-18(25-19(23-14)27-8-10-30-11-9-27)26-4-6-28(7-5-26)20(29)24-15-2-3-16(21)17(22)13-15/h2-3,12-13H,4-11H2,1H3,(H,24,29). The van der Waals surface area contributed by atoms with Crippen molar-refractivity contribution in [3.63, 3.8) is 0 Å². The normalized spacial score (nSPS) is 17.2. The zero-order valence-electron chi connectivity index (χ0n) is 16.8. The van der Waals surface area contributed by atoms with E-state index in [1.54, 1.807) is 4.90 Å². The quantitative estimate of drug-likeness (QED) is 0.824. The molecule has 160 valence electrons. The minimum atomic E-state index is -0.993. The molecule has 0 saturated carbocycles. The van der Waals surface area contributed by atoms with Crippen molar-refractivity contribution < 1.29 is 18.3 Å². The molecule has 0 bridgehead atoms. The minimum absolute atomic E-state index is 0.225. The fourth-order valence-electron chi connectivity index (χ4n) is 3.52. The van der Waals surface area contributed by atoms with Crippen molar-refractivity contribution in [2.45, 2.75) is 6.92 Å². The van der Waals surface area contributed by atoms with Gasteiger partial charge in [-0.2, -0.15) is 4.98 Å². The average molecular weight is 418 g/mol. The van der Waals surface area contributed by atoms with Crippen LogP contribution in [0.4, 0.5) is 31.0 Å². The van der Waals surface area contributed by atoms with Crippen molar-refractivity contribution in [1.82, 2.24) is 14.9 Å². The summed E-state index contributed by atoms with van der Waals surface area (Å²) in [7, 11) is 0. The summed E-state index contributed by atoms with van der Waals surface area (Å²) in [6.07, 6.45) is 0. The molecule has 30 heavy (non-hydrogen) atoms. The zero-order chi connectivity index (χ0) is 21.1. The third-order valence-electron chi connectivity index (χ3n) is 5.18. The van der Waals surface area contributed by atoms with Gasteiger partial charge in [-0.25, -0.2) is 18.6 Å². The Morgan fingerprint density at radius 2 is 1.70 bits per heavy atom. The fraction of sp³-hybridized carbons (Fsp3) is 0.450. The fourth-order valence-corrected chi connectivity index (χ4v) is 3.52. The van der Waals surface area contributed by atoms with Gasteiger partial charge in [0, 0.05) is 62.8 Å². The number of rotatable bonds is 3. The predicted octanol–water partition coefficient (Wildman–Crippen LogP) is 2.25. The second-order valence-electron chi connectivity index (χ2n) is 7.30. The number of aryl methyl sites for hydroxylation is 1. The van der Waals surface area contributed by atoms with Crippen molar-refractivity contribution in [2.75, 3.05) is 67.6 Å². The number of nitrogens with zero attached hydrogens (tertiary/aromatic N) is 5. The number of halogens is 2. The average Bonchev–Trinajstić information content (AvgIpc) is 2.76. The Labute approximate surface area is 173 Å². The summed E-state index contributed by atoms with van der Waals surface area (Å²) in [5, 5.41) is 2.61. The SMILES string of the molecule is Cc1cc(N2CCN(C(=O)Nc3ccc(F)c(F)c3)CC2)nc(N2CCOCC2)n1. The van der Waals surface area contributed by atoms with Gasteiger partial charge >= 0.3 is 6.03 Å². The van der Waals surface area contributed by atoms with Gasteiger partial charge in [0.2, 0.25) is 5.95 Å². The predicted molar refractivity (Wildman–Crippen MR) is 109 cm³/mol. The van der Waals surface area contributed by atoms with Gasteiger partial charge in [0.1, 0.15) is 5.82 Å². The highest BCUT2D eigenvalue weighted by atomic mass is 19.2. The first kappa shape index (κ1) is 20.3. The van der Waals surface area contributed by atoms with Crippen molar-refractivity contribution in [3.8, 4) is 0 Å². The van der Waals surface area contributed by atoms with Crippen LogP contribution < -0.4 is 15.1 Å². The molecule has 8 nitrogen and oxygen atoms in total. The number of hydrogen-bond donors (Lipinski definition) is 1. The Balaban J connectivity index is 1.37. The number of amides is 2. The van der Waals surface area contributed by atoms with E-state index in [1.165, 1.54) is 6.07 Å². The molecule has 2 aliphatic rings. The molecule has 1 N–H and O–H groups in total. The lowest BCUT2D eigenvalue weighted by atomic mass is 10.3. The summed E-state index contributed by atoms with van der Waals surface area (Å²) in [4.78, 5) is 27.6. The van der Waals surface area contributed by atoms with E-state index in [4.69, 9.17) is 9.72 Å². The summed E-state index contributed by atoms with van der Waals surface area (Å²) in [5.74, 6) is -0.400. The first-order valence-electron chi connectivity index (χ1n) is 9.94.